The molecule has 0 spiro atoms. The van der Waals surface area contributed by atoms with E-state index in [2.05, 4.69) is 0 Å². The molecule has 0 aliphatic carbocycles. The lowest BCUT2D eigenvalue weighted by molar-refractivity contribution is 0.0302. The van der Waals surface area contributed by atoms with Crippen molar-refractivity contribution in [3.8, 4) is 0 Å². The maximum absolute atomic E-state index is 13.2. The third kappa shape index (κ3) is 3.57. The van der Waals surface area contributed by atoms with E-state index >= 15 is 0 Å². The molecule has 2 aromatic carbocycles. The van der Waals surface area contributed by atoms with Gasteiger partial charge in [-0.25, -0.2) is 8.42 Å². The predicted molar refractivity (Wildman–Crippen MR) is 106 cm³/mol. The molecule has 0 radical (unpaired) electrons. The molecule has 1 fully saturated rings. The van der Waals surface area contributed by atoms with Crippen molar-refractivity contribution in [2.24, 2.45) is 0 Å². The number of rotatable bonds is 3. The number of fused-ring (bicyclic) bond motifs is 1. The first-order valence-electron chi connectivity index (χ1n) is 9.51. The molecule has 4 rings (SSSR count). The summed E-state index contributed by atoms with van der Waals surface area (Å²) in [4.78, 5) is 14.8. The number of carbonyl (C=O) groups is 1. The second-order valence-corrected chi connectivity index (χ2v) is 9.18. The van der Waals surface area contributed by atoms with Crippen molar-refractivity contribution in [3.05, 3.63) is 64.7 Å². The minimum Gasteiger partial charge on any atom is -0.378 e. The van der Waals surface area contributed by atoms with Crippen molar-refractivity contribution in [2.75, 3.05) is 32.8 Å². The van der Waals surface area contributed by atoms with Crippen LogP contribution in [-0.4, -0.2) is 56.4 Å². The van der Waals surface area contributed by atoms with Crippen LogP contribution in [0.4, 0.5) is 0 Å². The Kier molecular flexibility index (Phi) is 5.23. The molecule has 0 aromatic heterocycles. The predicted octanol–water partition coefficient (Wildman–Crippen LogP) is 2.21. The fourth-order valence-electron chi connectivity index (χ4n) is 3.75. The zero-order chi connectivity index (χ0) is 19.7. The number of hydrogen-bond donors (Lipinski definition) is 0. The molecule has 2 aromatic rings. The van der Waals surface area contributed by atoms with Gasteiger partial charge < -0.3 is 9.64 Å². The van der Waals surface area contributed by atoms with Crippen molar-refractivity contribution in [1.29, 1.82) is 0 Å². The monoisotopic (exact) mass is 400 g/mol. The van der Waals surface area contributed by atoms with Crippen molar-refractivity contribution >= 4 is 15.9 Å². The van der Waals surface area contributed by atoms with Crippen molar-refractivity contribution in [3.63, 3.8) is 0 Å². The van der Waals surface area contributed by atoms with Gasteiger partial charge in [-0.15, -0.1) is 0 Å². The van der Waals surface area contributed by atoms with Crippen LogP contribution in [0.1, 0.15) is 27.0 Å². The first-order chi connectivity index (χ1) is 13.5. The van der Waals surface area contributed by atoms with E-state index in [9.17, 15) is 13.2 Å². The molecule has 0 N–H and O–H groups in total. The molecule has 0 unspecified atom stereocenters. The third-order valence-corrected chi connectivity index (χ3v) is 7.31. The minimum absolute atomic E-state index is 0.137. The van der Waals surface area contributed by atoms with Crippen LogP contribution in [0, 0.1) is 6.92 Å². The SMILES string of the molecule is Cc1ccc(S(=O)(=O)N2CCc3ccccc3C2)cc1C(=O)N1CCOCC1. The Morgan fingerprint density at radius 3 is 2.46 bits per heavy atom. The first kappa shape index (κ1) is 19.1. The van der Waals surface area contributed by atoms with Gasteiger partial charge in [0.15, 0.2) is 0 Å². The molecule has 2 heterocycles. The fraction of sp³-hybridized carbons (Fsp3) is 0.381. The van der Waals surface area contributed by atoms with Gasteiger partial charge in [0.2, 0.25) is 10.0 Å². The van der Waals surface area contributed by atoms with E-state index in [-0.39, 0.29) is 10.8 Å². The van der Waals surface area contributed by atoms with Gasteiger partial charge in [0, 0.05) is 31.7 Å². The zero-order valence-electron chi connectivity index (χ0n) is 15.9. The summed E-state index contributed by atoms with van der Waals surface area (Å²) < 4.78 is 33.3. The largest absolute Gasteiger partial charge is 0.378 e. The number of benzene rings is 2. The summed E-state index contributed by atoms with van der Waals surface area (Å²) in [5.41, 5.74) is 3.45. The second kappa shape index (κ2) is 7.66. The van der Waals surface area contributed by atoms with E-state index in [1.54, 1.807) is 17.0 Å². The lowest BCUT2D eigenvalue weighted by atomic mass is 10.0. The van der Waals surface area contributed by atoms with E-state index in [1.165, 1.54) is 15.9 Å². The summed E-state index contributed by atoms with van der Waals surface area (Å²) in [5.74, 6) is -0.137. The highest BCUT2D eigenvalue weighted by molar-refractivity contribution is 7.89. The van der Waals surface area contributed by atoms with Gasteiger partial charge in [-0.05, 0) is 42.2 Å². The molecule has 2 aliphatic heterocycles. The van der Waals surface area contributed by atoms with Crippen LogP contribution in [0.15, 0.2) is 47.4 Å². The van der Waals surface area contributed by atoms with Crippen LogP contribution in [0.5, 0.6) is 0 Å². The van der Waals surface area contributed by atoms with E-state index in [0.717, 1.165) is 11.1 Å². The van der Waals surface area contributed by atoms with E-state index < -0.39 is 10.0 Å². The number of ether oxygens (including phenoxy) is 1. The number of morpholine rings is 1. The average Bonchev–Trinajstić information content (AvgIpc) is 2.73. The molecule has 0 bridgehead atoms. The van der Waals surface area contributed by atoms with Crippen LogP contribution >= 0.6 is 0 Å². The molecule has 2 aliphatic rings. The molecule has 7 heteroatoms. The molecule has 148 valence electrons. The van der Waals surface area contributed by atoms with Crippen LogP contribution in [-0.2, 0) is 27.7 Å². The Morgan fingerprint density at radius 2 is 1.71 bits per heavy atom. The van der Waals surface area contributed by atoms with Crippen LogP contribution in [0.2, 0.25) is 0 Å². The minimum atomic E-state index is -3.67. The van der Waals surface area contributed by atoms with Gasteiger partial charge in [0.1, 0.15) is 0 Å². The summed E-state index contributed by atoms with van der Waals surface area (Å²) >= 11 is 0. The fourth-order valence-corrected chi connectivity index (χ4v) is 5.20. The highest BCUT2D eigenvalue weighted by Gasteiger charge is 2.29. The highest BCUT2D eigenvalue weighted by atomic mass is 32.2. The summed E-state index contributed by atoms with van der Waals surface area (Å²) in [6.07, 6.45) is 0.695. The maximum atomic E-state index is 13.2. The van der Waals surface area contributed by atoms with Crippen LogP contribution in [0.3, 0.4) is 0 Å². The standard InChI is InChI=1S/C21H24N2O4S/c1-16-6-7-19(14-20(16)21(24)22-10-12-27-13-11-22)28(25,26)23-9-8-17-4-2-3-5-18(17)15-23/h2-7,14H,8-13,15H2,1H3. The number of aryl methyl sites for hydroxylation is 1. The van der Waals surface area contributed by atoms with E-state index in [0.29, 0.717) is 51.4 Å². The Morgan fingerprint density at radius 1 is 1.00 bits per heavy atom. The van der Waals surface area contributed by atoms with Crippen LogP contribution < -0.4 is 0 Å². The molecular weight excluding hydrogens is 376 g/mol. The van der Waals surface area contributed by atoms with Gasteiger partial charge in [-0.3, -0.25) is 4.79 Å². The molecular formula is C21H24N2O4S. The molecule has 1 saturated heterocycles. The number of hydrogen-bond acceptors (Lipinski definition) is 4. The van der Waals surface area contributed by atoms with Gasteiger partial charge in [-0.2, -0.15) is 4.31 Å². The zero-order valence-corrected chi connectivity index (χ0v) is 16.7. The van der Waals surface area contributed by atoms with Gasteiger partial charge in [0.25, 0.3) is 5.91 Å². The number of sulfonamides is 1. The number of amides is 1. The van der Waals surface area contributed by atoms with E-state index in [1.807, 2.05) is 31.2 Å². The smallest absolute Gasteiger partial charge is 0.254 e. The maximum Gasteiger partial charge on any atom is 0.254 e. The molecule has 0 saturated carbocycles. The summed E-state index contributed by atoms with van der Waals surface area (Å²) in [5, 5.41) is 0. The van der Waals surface area contributed by atoms with Gasteiger partial charge in [-0.1, -0.05) is 30.3 Å². The number of nitrogens with zero attached hydrogens (tertiary/aromatic N) is 2. The third-order valence-electron chi connectivity index (χ3n) is 5.47. The summed E-state index contributed by atoms with van der Waals surface area (Å²) in [6.45, 7) is 4.71. The van der Waals surface area contributed by atoms with E-state index in [4.69, 9.17) is 4.74 Å². The Bertz CT molecular complexity index is 997. The normalized spacial score (nSPS) is 18.0. The van der Waals surface area contributed by atoms with Crippen molar-refractivity contribution in [2.45, 2.75) is 24.8 Å². The molecule has 0 atom stereocenters. The molecule has 1 amide bonds. The Labute approximate surface area is 165 Å². The topological polar surface area (TPSA) is 66.9 Å². The Balaban J connectivity index is 1.63. The average molecular weight is 401 g/mol. The summed E-state index contributed by atoms with van der Waals surface area (Å²) in [6, 6.07) is 12.8. The highest BCUT2D eigenvalue weighted by Crippen LogP contribution is 2.26. The van der Waals surface area contributed by atoms with Gasteiger partial charge >= 0.3 is 0 Å². The lowest BCUT2D eigenvalue weighted by Gasteiger charge is -2.29. The lowest BCUT2D eigenvalue weighted by Crippen LogP contribution is -2.41. The van der Waals surface area contributed by atoms with Gasteiger partial charge in [0.05, 0.1) is 18.1 Å². The molecule has 28 heavy (non-hydrogen) atoms. The molecule has 6 nitrogen and oxygen atoms in total. The quantitative estimate of drug-likeness (QED) is 0.792. The number of carbonyl (C=O) groups excluding carboxylic acids is 1. The van der Waals surface area contributed by atoms with Crippen molar-refractivity contribution < 1.29 is 17.9 Å². The van der Waals surface area contributed by atoms with Crippen LogP contribution in [0.25, 0.3) is 0 Å². The van der Waals surface area contributed by atoms with Crippen molar-refractivity contribution in [1.82, 2.24) is 9.21 Å². The Hall–Kier alpha value is -2.22. The second-order valence-electron chi connectivity index (χ2n) is 7.24. The first-order valence-corrected chi connectivity index (χ1v) is 11.0. The summed E-state index contributed by atoms with van der Waals surface area (Å²) in [7, 11) is -3.67.